The quantitative estimate of drug-likeness (QED) is 0.0334. The Bertz CT molecular complexity index is 522. The lowest BCUT2D eigenvalue weighted by Crippen LogP contribution is -2.54. The van der Waals surface area contributed by atoms with Crippen LogP contribution in [0.4, 0.5) is 0 Å². The summed E-state index contributed by atoms with van der Waals surface area (Å²) in [4.78, 5) is 4.45. The van der Waals surface area contributed by atoms with Gasteiger partial charge in [0.15, 0.2) is 12.1 Å². The first-order valence-electron chi connectivity index (χ1n) is 15.8. The van der Waals surface area contributed by atoms with Gasteiger partial charge in [-0.2, -0.15) is 4.99 Å². The molecule has 0 fully saturated rings. The Labute approximate surface area is 236 Å². The molecule has 0 aliphatic heterocycles. The minimum absolute atomic E-state index is 0.0751. The van der Waals surface area contributed by atoms with E-state index in [9.17, 15) is 0 Å². The maximum Gasteiger partial charge on any atom is 0.191 e. The summed E-state index contributed by atoms with van der Waals surface area (Å²) in [6.45, 7) is 17.7. The fourth-order valence-corrected chi connectivity index (χ4v) is 4.83. The number of guanidine groups is 1. The zero-order valence-corrected chi connectivity index (χ0v) is 26.1. The van der Waals surface area contributed by atoms with Gasteiger partial charge in [-0.25, -0.2) is 0 Å². The van der Waals surface area contributed by atoms with Crippen molar-refractivity contribution < 1.29 is 4.48 Å². The van der Waals surface area contributed by atoms with Crippen molar-refractivity contribution in [1.29, 1.82) is 0 Å². The number of nitrogens with two attached hydrogens (primary N) is 2. The summed E-state index contributed by atoms with van der Waals surface area (Å²) in [5, 5.41) is 17.6. The van der Waals surface area contributed by atoms with E-state index in [0.29, 0.717) is 5.92 Å². The molecular formula is C29H68N9+. The number of hydrogen-bond donors (Lipinski definition) is 7. The highest BCUT2D eigenvalue weighted by Crippen LogP contribution is 2.16. The van der Waals surface area contributed by atoms with Crippen LogP contribution in [0.25, 0.3) is 0 Å². The first kappa shape index (κ1) is 37.0. The molecule has 228 valence electrons. The maximum absolute atomic E-state index is 5.63. The molecule has 38 heavy (non-hydrogen) atoms. The number of aliphatic imine (C=N–C) groups is 1. The molecule has 1 unspecified atom stereocenters. The number of quaternary nitrogens is 1. The number of likely N-dealkylation sites (N-methyl/N-ethyl adjacent to an activating group) is 1. The van der Waals surface area contributed by atoms with Crippen molar-refractivity contribution in [1.82, 2.24) is 26.6 Å². The summed E-state index contributed by atoms with van der Waals surface area (Å²) in [5.41, 5.74) is 11.3. The van der Waals surface area contributed by atoms with E-state index in [1.807, 2.05) is 0 Å². The molecule has 0 saturated carbocycles. The fourth-order valence-electron chi connectivity index (χ4n) is 4.83. The van der Waals surface area contributed by atoms with E-state index in [0.717, 1.165) is 76.5 Å². The SMILES string of the molecule is CCCCCCCCCCCCNCCNCCNCCNCCNCC[N+](C)(C)C(N=C(N)N)C(C)C. The van der Waals surface area contributed by atoms with E-state index in [1.165, 1.54) is 64.2 Å². The smallest absolute Gasteiger partial charge is 0.191 e. The Kier molecular flexibility index (Phi) is 25.6. The lowest BCUT2D eigenvalue weighted by molar-refractivity contribution is -0.916. The molecule has 9 N–H and O–H groups in total. The van der Waals surface area contributed by atoms with Gasteiger partial charge in [0, 0.05) is 64.8 Å². The van der Waals surface area contributed by atoms with Crippen molar-refractivity contribution in [2.24, 2.45) is 22.4 Å². The predicted octanol–water partition coefficient (Wildman–Crippen LogP) is 2.19. The van der Waals surface area contributed by atoms with Gasteiger partial charge < -0.3 is 42.5 Å². The van der Waals surface area contributed by atoms with Gasteiger partial charge in [0.1, 0.15) is 0 Å². The molecule has 0 radical (unpaired) electrons. The second-order valence-corrected chi connectivity index (χ2v) is 11.6. The summed E-state index contributed by atoms with van der Waals surface area (Å²) in [5.74, 6) is 0.551. The average molecular weight is 543 g/mol. The predicted molar refractivity (Wildman–Crippen MR) is 168 cm³/mol. The number of nitrogens with one attached hydrogen (secondary N) is 5. The van der Waals surface area contributed by atoms with Crippen LogP contribution in [0.1, 0.15) is 85.0 Å². The monoisotopic (exact) mass is 543 g/mol. The van der Waals surface area contributed by atoms with Crippen LogP contribution in [0, 0.1) is 5.92 Å². The van der Waals surface area contributed by atoms with Gasteiger partial charge in [0.05, 0.1) is 20.6 Å². The average Bonchev–Trinajstić information content (AvgIpc) is 2.87. The molecule has 1 atom stereocenters. The van der Waals surface area contributed by atoms with E-state index in [2.05, 4.69) is 66.4 Å². The van der Waals surface area contributed by atoms with Crippen molar-refractivity contribution in [3.8, 4) is 0 Å². The second kappa shape index (κ2) is 26.3. The summed E-state index contributed by atoms with van der Waals surface area (Å²) in [6.07, 6.45) is 14.1. The van der Waals surface area contributed by atoms with Crippen molar-refractivity contribution in [2.45, 2.75) is 91.1 Å². The molecule has 0 aromatic carbocycles. The first-order chi connectivity index (χ1) is 18.3. The van der Waals surface area contributed by atoms with Gasteiger partial charge in [-0.05, 0) is 13.0 Å². The van der Waals surface area contributed by atoms with E-state index >= 15 is 0 Å². The molecule has 0 spiro atoms. The third-order valence-corrected chi connectivity index (χ3v) is 7.08. The zero-order valence-electron chi connectivity index (χ0n) is 26.1. The molecule has 0 bridgehead atoms. The Morgan fingerprint density at radius 3 is 1.34 bits per heavy atom. The van der Waals surface area contributed by atoms with E-state index in [1.54, 1.807) is 0 Å². The highest BCUT2D eigenvalue weighted by molar-refractivity contribution is 5.75. The summed E-state index contributed by atoms with van der Waals surface area (Å²) in [6, 6.07) is 0. The zero-order chi connectivity index (χ0) is 28.3. The fraction of sp³-hybridized carbons (Fsp3) is 0.966. The van der Waals surface area contributed by atoms with Crippen LogP contribution >= 0.6 is 0 Å². The van der Waals surface area contributed by atoms with Crippen LogP contribution in [-0.2, 0) is 0 Å². The lowest BCUT2D eigenvalue weighted by atomic mass is 10.1. The van der Waals surface area contributed by atoms with Crippen molar-refractivity contribution >= 4 is 5.96 Å². The number of hydrogen-bond acceptors (Lipinski definition) is 6. The molecule has 0 aliphatic carbocycles. The lowest BCUT2D eigenvalue weighted by Gasteiger charge is -2.37. The molecule has 0 heterocycles. The van der Waals surface area contributed by atoms with Crippen LogP contribution in [0.5, 0.6) is 0 Å². The van der Waals surface area contributed by atoms with Crippen LogP contribution in [-0.4, -0.2) is 103 Å². The van der Waals surface area contributed by atoms with E-state index in [-0.39, 0.29) is 12.1 Å². The topological polar surface area (TPSA) is 125 Å². The molecule has 0 aromatic heterocycles. The van der Waals surface area contributed by atoms with Gasteiger partial charge in [-0.3, -0.25) is 0 Å². The number of nitrogens with zero attached hydrogens (tertiary/aromatic N) is 2. The first-order valence-corrected chi connectivity index (χ1v) is 15.8. The third kappa shape index (κ3) is 24.1. The molecule has 0 saturated heterocycles. The Morgan fingerprint density at radius 1 is 0.579 bits per heavy atom. The van der Waals surface area contributed by atoms with Gasteiger partial charge in [0.25, 0.3) is 0 Å². The number of unbranched alkanes of at least 4 members (excludes halogenated alkanes) is 9. The van der Waals surface area contributed by atoms with Crippen LogP contribution in [0.3, 0.4) is 0 Å². The molecular weight excluding hydrogens is 474 g/mol. The van der Waals surface area contributed by atoms with Gasteiger partial charge in [-0.1, -0.05) is 78.6 Å². The summed E-state index contributed by atoms with van der Waals surface area (Å²) in [7, 11) is 4.38. The highest BCUT2D eigenvalue weighted by atomic mass is 15.4. The molecule has 0 rings (SSSR count). The van der Waals surface area contributed by atoms with Gasteiger partial charge in [0.2, 0.25) is 0 Å². The van der Waals surface area contributed by atoms with Gasteiger partial charge >= 0.3 is 0 Å². The minimum Gasteiger partial charge on any atom is -0.370 e. The maximum atomic E-state index is 5.63. The van der Waals surface area contributed by atoms with Crippen LogP contribution in [0.15, 0.2) is 4.99 Å². The second-order valence-electron chi connectivity index (χ2n) is 11.6. The molecule has 9 heteroatoms. The molecule has 9 nitrogen and oxygen atoms in total. The standard InChI is InChI=1S/C29H68N9/c1-6-7-8-9-10-11-12-13-14-15-16-32-17-18-33-19-20-34-21-22-35-23-24-36-25-26-38(4,5)28(27(2)3)37-29(30)31/h27-28,32-36H,6-26H2,1-5H3,(H4,30,31,37)/q+1. The van der Waals surface area contributed by atoms with Crippen LogP contribution < -0.4 is 38.1 Å². The Balaban J connectivity index is 3.35. The van der Waals surface area contributed by atoms with E-state index in [4.69, 9.17) is 11.5 Å². The third-order valence-electron chi connectivity index (χ3n) is 7.08. The minimum atomic E-state index is 0.0751. The van der Waals surface area contributed by atoms with Gasteiger partial charge in [-0.15, -0.1) is 0 Å². The van der Waals surface area contributed by atoms with Crippen molar-refractivity contribution in [2.75, 3.05) is 86.1 Å². The molecule has 0 aliphatic rings. The summed E-state index contributed by atoms with van der Waals surface area (Å²) < 4.78 is 0.767. The Hall–Kier alpha value is -0.970. The van der Waals surface area contributed by atoms with E-state index < -0.39 is 0 Å². The molecule has 0 aromatic rings. The largest absolute Gasteiger partial charge is 0.370 e. The normalized spacial score (nSPS) is 12.8. The van der Waals surface area contributed by atoms with Crippen molar-refractivity contribution in [3.05, 3.63) is 0 Å². The summed E-state index contributed by atoms with van der Waals surface area (Å²) >= 11 is 0. The number of rotatable bonds is 29. The molecule has 0 amide bonds. The van der Waals surface area contributed by atoms with Crippen molar-refractivity contribution in [3.63, 3.8) is 0 Å². The van der Waals surface area contributed by atoms with Crippen LogP contribution in [0.2, 0.25) is 0 Å². The highest BCUT2D eigenvalue weighted by Gasteiger charge is 2.30. The Morgan fingerprint density at radius 2 is 0.947 bits per heavy atom.